The van der Waals surface area contributed by atoms with E-state index >= 15 is 0 Å². The van der Waals surface area contributed by atoms with Gasteiger partial charge < -0.3 is 10.1 Å². The average Bonchev–Trinajstić information content (AvgIpc) is 2.60. The van der Waals surface area contributed by atoms with Crippen molar-refractivity contribution in [1.29, 1.82) is 0 Å². The largest absolute Gasteiger partial charge is 0.497 e. The van der Waals surface area contributed by atoms with Crippen molar-refractivity contribution in [3.63, 3.8) is 0 Å². The second-order valence-electron chi connectivity index (χ2n) is 3.24. The number of ether oxygens (including phenoxy) is 1. The van der Waals surface area contributed by atoms with Crippen LogP contribution < -0.4 is 10.1 Å². The molecule has 0 aromatic heterocycles. The molecule has 6 heteroatoms. The molecule has 1 aromatic carbocycles. The molecular weight excluding hydrogens is 322 g/mol. The molecule has 17 heavy (non-hydrogen) atoms. The first-order chi connectivity index (χ1) is 8.10. The molecule has 1 N–H and O–H groups in total. The predicted molar refractivity (Wildman–Crippen MR) is 77.0 cm³/mol. The first kappa shape index (κ1) is 12.6. The lowest BCUT2D eigenvalue weighted by atomic mass is 10.2. The van der Waals surface area contributed by atoms with E-state index in [0.717, 1.165) is 15.8 Å². The molecule has 88 valence electrons. The fourth-order valence-corrected chi connectivity index (χ4v) is 2.72. The van der Waals surface area contributed by atoms with Crippen molar-refractivity contribution in [2.24, 2.45) is 0 Å². The Kier molecular flexibility index (Phi) is 3.86. The van der Waals surface area contributed by atoms with Crippen LogP contribution in [0.3, 0.4) is 0 Å². The van der Waals surface area contributed by atoms with Gasteiger partial charge in [-0.2, -0.15) is 0 Å². The molecule has 0 bridgehead atoms. The van der Waals surface area contributed by atoms with Gasteiger partial charge >= 0.3 is 0 Å². The zero-order chi connectivity index (χ0) is 12.4. The number of methoxy groups -OCH3 is 1. The van der Waals surface area contributed by atoms with E-state index < -0.39 is 0 Å². The third-order valence-corrected chi connectivity index (χ3v) is 4.02. The smallest absolute Gasteiger partial charge is 0.263 e. The summed E-state index contributed by atoms with van der Waals surface area (Å²) in [5.74, 6) is 0.584. The minimum absolute atomic E-state index is 0.158. The highest BCUT2D eigenvalue weighted by molar-refractivity contribution is 9.10. The standard InChI is InChI=1S/C11H8BrNO2S2/c1-15-7-2-3-8(12)6(4-7)5-9-10(14)13-11(16)17-9/h2-5H,1H3,(H,13,14,16). The second-order valence-corrected chi connectivity index (χ2v) is 5.81. The van der Waals surface area contributed by atoms with Crippen LogP contribution in [-0.4, -0.2) is 17.3 Å². The van der Waals surface area contributed by atoms with Gasteiger partial charge in [0.05, 0.1) is 12.0 Å². The first-order valence-electron chi connectivity index (χ1n) is 4.68. The van der Waals surface area contributed by atoms with Crippen molar-refractivity contribution in [3.05, 3.63) is 33.1 Å². The molecule has 0 unspecified atom stereocenters. The van der Waals surface area contributed by atoms with Gasteiger partial charge in [0.1, 0.15) is 10.1 Å². The molecule has 1 amide bonds. The van der Waals surface area contributed by atoms with Crippen LogP contribution in [0.2, 0.25) is 0 Å². The molecule has 1 aromatic rings. The Hall–Kier alpha value is -0.850. The summed E-state index contributed by atoms with van der Waals surface area (Å²) in [5, 5.41) is 2.58. The Morgan fingerprint density at radius 3 is 2.88 bits per heavy atom. The molecular formula is C11H8BrNO2S2. The van der Waals surface area contributed by atoms with Gasteiger partial charge in [-0.05, 0) is 29.8 Å². The van der Waals surface area contributed by atoms with E-state index in [9.17, 15) is 4.79 Å². The van der Waals surface area contributed by atoms with Crippen LogP contribution in [-0.2, 0) is 4.79 Å². The van der Waals surface area contributed by atoms with Crippen molar-refractivity contribution >= 4 is 56.2 Å². The molecule has 0 radical (unpaired) electrons. The number of benzene rings is 1. The highest BCUT2D eigenvalue weighted by atomic mass is 79.9. The molecule has 0 spiro atoms. The molecule has 1 fully saturated rings. The highest BCUT2D eigenvalue weighted by Gasteiger charge is 2.22. The Balaban J connectivity index is 2.38. The molecule has 1 heterocycles. The van der Waals surface area contributed by atoms with E-state index in [4.69, 9.17) is 17.0 Å². The number of nitrogens with one attached hydrogen (secondary N) is 1. The number of hydrogen-bond donors (Lipinski definition) is 1. The number of halogens is 1. The summed E-state index contributed by atoms with van der Waals surface area (Å²) in [6.07, 6.45) is 1.78. The molecule has 2 rings (SSSR count). The van der Waals surface area contributed by atoms with E-state index in [1.807, 2.05) is 18.2 Å². The Morgan fingerprint density at radius 2 is 2.29 bits per heavy atom. The van der Waals surface area contributed by atoms with Gasteiger partial charge in [0.25, 0.3) is 5.91 Å². The van der Waals surface area contributed by atoms with Gasteiger partial charge in [-0.1, -0.05) is 39.9 Å². The zero-order valence-electron chi connectivity index (χ0n) is 8.82. The van der Waals surface area contributed by atoms with Crippen LogP contribution >= 0.6 is 39.9 Å². The molecule has 0 saturated carbocycles. The van der Waals surface area contributed by atoms with E-state index in [1.54, 1.807) is 13.2 Å². The normalized spacial score (nSPS) is 17.4. The summed E-state index contributed by atoms with van der Waals surface area (Å²) in [6, 6.07) is 5.58. The third kappa shape index (κ3) is 2.88. The molecule has 1 saturated heterocycles. The van der Waals surface area contributed by atoms with Crippen molar-refractivity contribution in [1.82, 2.24) is 5.32 Å². The lowest BCUT2D eigenvalue weighted by molar-refractivity contribution is -0.115. The van der Waals surface area contributed by atoms with Gasteiger partial charge in [-0.15, -0.1) is 0 Å². The van der Waals surface area contributed by atoms with Crippen molar-refractivity contribution in [3.8, 4) is 5.75 Å². The summed E-state index contributed by atoms with van der Waals surface area (Å²) in [5.41, 5.74) is 0.881. The van der Waals surface area contributed by atoms with Gasteiger partial charge in [-0.25, -0.2) is 0 Å². The van der Waals surface area contributed by atoms with Gasteiger partial charge in [0, 0.05) is 4.47 Å². The van der Waals surface area contributed by atoms with Gasteiger partial charge in [0.2, 0.25) is 0 Å². The number of hydrogen-bond acceptors (Lipinski definition) is 4. The van der Waals surface area contributed by atoms with Crippen LogP contribution in [0.1, 0.15) is 5.56 Å². The number of amides is 1. The monoisotopic (exact) mass is 329 g/mol. The summed E-state index contributed by atoms with van der Waals surface area (Å²) < 4.78 is 6.53. The molecule has 0 atom stereocenters. The summed E-state index contributed by atoms with van der Waals surface area (Å²) >= 11 is 9.61. The number of carbonyl (C=O) groups excluding carboxylic acids is 1. The first-order valence-corrected chi connectivity index (χ1v) is 6.70. The minimum atomic E-state index is -0.158. The van der Waals surface area contributed by atoms with E-state index in [1.165, 1.54) is 11.8 Å². The molecule has 0 aliphatic carbocycles. The Labute approximate surface area is 117 Å². The van der Waals surface area contributed by atoms with Crippen molar-refractivity contribution < 1.29 is 9.53 Å². The summed E-state index contributed by atoms with van der Waals surface area (Å²) in [7, 11) is 1.60. The molecule has 1 aliphatic heterocycles. The lowest BCUT2D eigenvalue weighted by Crippen LogP contribution is -2.17. The summed E-state index contributed by atoms with van der Waals surface area (Å²) in [4.78, 5) is 12.1. The zero-order valence-corrected chi connectivity index (χ0v) is 12.0. The fraction of sp³-hybridized carbons (Fsp3) is 0.0909. The van der Waals surface area contributed by atoms with Crippen molar-refractivity contribution in [2.75, 3.05) is 7.11 Å². The van der Waals surface area contributed by atoms with E-state index in [0.29, 0.717) is 9.23 Å². The number of carbonyl (C=O) groups is 1. The third-order valence-electron chi connectivity index (χ3n) is 2.13. The maximum absolute atomic E-state index is 11.5. The van der Waals surface area contributed by atoms with Crippen LogP contribution in [0, 0.1) is 0 Å². The van der Waals surface area contributed by atoms with Gasteiger partial charge in [0.15, 0.2) is 0 Å². The second kappa shape index (κ2) is 5.20. The van der Waals surface area contributed by atoms with E-state index in [-0.39, 0.29) is 5.91 Å². The minimum Gasteiger partial charge on any atom is -0.497 e. The fourth-order valence-electron chi connectivity index (χ4n) is 1.32. The lowest BCUT2D eigenvalue weighted by Gasteiger charge is -2.03. The quantitative estimate of drug-likeness (QED) is 0.668. The number of rotatable bonds is 2. The topological polar surface area (TPSA) is 38.3 Å². The van der Waals surface area contributed by atoms with Crippen LogP contribution in [0.4, 0.5) is 0 Å². The predicted octanol–water partition coefficient (Wildman–Crippen LogP) is 2.95. The maximum atomic E-state index is 11.5. The van der Waals surface area contributed by atoms with E-state index in [2.05, 4.69) is 21.2 Å². The number of thioether (sulfide) groups is 1. The number of thiocarbonyl (C=S) groups is 1. The molecule has 3 nitrogen and oxygen atoms in total. The van der Waals surface area contributed by atoms with Crippen LogP contribution in [0.25, 0.3) is 6.08 Å². The molecule has 1 aliphatic rings. The van der Waals surface area contributed by atoms with Crippen molar-refractivity contribution in [2.45, 2.75) is 0 Å². The summed E-state index contributed by atoms with van der Waals surface area (Å²) in [6.45, 7) is 0. The highest BCUT2D eigenvalue weighted by Crippen LogP contribution is 2.30. The average molecular weight is 330 g/mol. The Bertz CT molecular complexity index is 528. The van der Waals surface area contributed by atoms with Gasteiger partial charge in [-0.3, -0.25) is 4.79 Å². The SMILES string of the molecule is COc1ccc(Br)c(C=C2SC(=S)NC2=O)c1. The van der Waals surface area contributed by atoms with Crippen LogP contribution in [0.15, 0.2) is 27.6 Å². The van der Waals surface area contributed by atoms with Crippen LogP contribution in [0.5, 0.6) is 5.75 Å². The maximum Gasteiger partial charge on any atom is 0.263 e. The Morgan fingerprint density at radius 1 is 1.53 bits per heavy atom.